The lowest BCUT2D eigenvalue weighted by molar-refractivity contribution is -0.125. The van der Waals surface area contributed by atoms with E-state index in [0.717, 1.165) is 43.4 Å². The van der Waals surface area contributed by atoms with Crippen molar-refractivity contribution in [1.29, 1.82) is 0 Å². The number of carbonyl (C=O) groups excluding carboxylic acids is 1. The Balaban J connectivity index is 1.71. The van der Waals surface area contributed by atoms with E-state index in [1.165, 1.54) is 0 Å². The minimum atomic E-state index is -0.182. The number of amides is 1. The zero-order valence-corrected chi connectivity index (χ0v) is 13.4. The highest BCUT2D eigenvalue weighted by Crippen LogP contribution is 2.41. The highest BCUT2D eigenvalue weighted by molar-refractivity contribution is 5.95. The van der Waals surface area contributed by atoms with Crippen LogP contribution in [0.15, 0.2) is 24.3 Å². The number of aromatic nitrogens is 3. The van der Waals surface area contributed by atoms with E-state index < -0.39 is 0 Å². The molecule has 1 saturated carbocycles. The normalized spacial score (nSPS) is 16.4. The molecule has 0 saturated heterocycles. The van der Waals surface area contributed by atoms with Crippen molar-refractivity contribution in [2.24, 2.45) is 11.1 Å². The van der Waals surface area contributed by atoms with Gasteiger partial charge < -0.3 is 11.1 Å². The van der Waals surface area contributed by atoms with E-state index in [4.69, 9.17) is 5.73 Å². The molecule has 2 aromatic rings. The van der Waals surface area contributed by atoms with E-state index in [9.17, 15) is 4.79 Å². The third kappa shape index (κ3) is 3.12. The van der Waals surface area contributed by atoms with E-state index in [2.05, 4.69) is 27.4 Å². The molecule has 122 valence electrons. The second-order valence-electron chi connectivity index (χ2n) is 6.18. The van der Waals surface area contributed by atoms with Gasteiger partial charge in [0.05, 0.1) is 6.54 Å². The van der Waals surface area contributed by atoms with Crippen molar-refractivity contribution in [3.63, 3.8) is 0 Å². The molecule has 1 aliphatic carbocycles. The number of hydrogen-bond donors (Lipinski definition) is 3. The molecule has 0 aliphatic heterocycles. The molecular formula is C17H23N5O. The fourth-order valence-corrected chi connectivity index (χ4v) is 3.27. The summed E-state index contributed by atoms with van der Waals surface area (Å²) >= 11 is 0. The van der Waals surface area contributed by atoms with Crippen LogP contribution in [0.1, 0.15) is 44.9 Å². The van der Waals surface area contributed by atoms with Gasteiger partial charge >= 0.3 is 0 Å². The van der Waals surface area contributed by atoms with Crippen molar-refractivity contribution >= 4 is 11.6 Å². The van der Waals surface area contributed by atoms with Gasteiger partial charge in [-0.1, -0.05) is 19.8 Å². The predicted octanol–water partition coefficient (Wildman–Crippen LogP) is 2.84. The van der Waals surface area contributed by atoms with Crippen LogP contribution in [0.2, 0.25) is 0 Å². The molecule has 0 atom stereocenters. The number of rotatable bonds is 5. The molecule has 6 heteroatoms. The molecule has 1 fully saturated rings. The van der Waals surface area contributed by atoms with E-state index >= 15 is 0 Å². The highest BCUT2D eigenvalue weighted by Gasteiger charge is 2.39. The van der Waals surface area contributed by atoms with Gasteiger partial charge in [0.1, 0.15) is 5.82 Å². The summed E-state index contributed by atoms with van der Waals surface area (Å²) in [6, 6.07) is 7.60. The number of hydrogen-bond acceptors (Lipinski definition) is 4. The molecule has 6 nitrogen and oxygen atoms in total. The standard InChI is InChI=1S/C17H23N5O/c1-2-17(9-3-4-10-17)16(23)19-13-7-5-12(6-8-13)15-20-14(11-18)21-22-15/h5-8H,2-4,9-11,18H2,1H3,(H,19,23)(H,20,21,22). The summed E-state index contributed by atoms with van der Waals surface area (Å²) in [6.07, 6.45) is 5.18. The van der Waals surface area contributed by atoms with Crippen LogP contribution >= 0.6 is 0 Å². The molecule has 1 aromatic carbocycles. The Labute approximate surface area is 135 Å². The second kappa shape index (κ2) is 6.50. The summed E-state index contributed by atoms with van der Waals surface area (Å²) in [7, 11) is 0. The van der Waals surface area contributed by atoms with Crippen molar-refractivity contribution in [3.8, 4) is 11.4 Å². The molecule has 4 N–H and O–H groups in total. The maximum absolute atomic E-state index is 12.6. The van der Waals surface area contributed by atoms with Gasteiger partial charge in [-0.3, -0.25) is 9.89 Å². The average Bonchev–Trinajstić information content (AvgIpc) is 3.25. The molecule has 0 spiro atoms. The Morgan fingerprint density at radius 3 is 2.57 bits per heavy atom. The summed E-state index contributed by atoms with van der Waals surface area (Å²) < 4.78 is 0. The molecular weight excluding hydrogens is 290 g/mol. The lowest BCUT2D eigenvalue weighted by Gasteiger charge is -2.26. The topological polar surface area (TPSA) is 96.7 Å². The van der Waals surface area contributed by atoms with E-state index in [1.54, 1.807) is 0 Å². The first-order valence-corrected chi connectivity index (χ1v) is 8.20. The van der Waals surface area contributed by atoms with Crippen molar-refractivity contribution in [2.75, 3.05) is 5.32 Å². The number of benzene rings is 1. The van der Waals surface area contributed by atoms with Crippen molar-refractivity contribution in [2.45, 2.75) is 45.6 Å². The molecule has 3 rings (SSSR count). The molecule has 1 heterocycles. The lowest BCUT2D eigenvalue weighted by Crippen LogP contribution is -2.33. The maximum atomic E-state index is 12.6. The molecule has 0 bridgehead atoms. The summed E-state index contributed by atoms with van der Waals surface area (Å²) in [5.74, 6) is 1.42. The lowest BCUT2D eigenvalue weighted by atomic mass is 9.82. The van der Waals surface area contributed by atoms with Gasteiger partial charge in [-0.2, -0.15) is 5.10 Å². The van der Waals surface area contributed by atoms with Crippen molar-refractivity contribution in [3.05, 3.63) is 30.1 Å². The summed E-state index contributed by atoms with van der Waals surface area (Å²) in [6.45, 7) is 2.44. The van der Waals surface area contributed by atoms with Crippen molar-refractivity contribution < 1.29 is 4.79 Å². The predicted molar refractivity (Wildman–Crippen MR) is 89.5 cm³/mol. The Kier molecular flexibility index (Phi) is 4.43. The van der Waals surface area contributed by atoms with Crippen LogP contribution in [-0.2, 0) is 11.3 Å². The minimum Gasteiger partial charge on any atom is -0.326 e. The van der Waals surface area contributed by atoms with Crippen LogP contribution in [0, 0.1) is 5.41 Å². The SMILES string of the molecule is CCC1(C(=O)Nc2ccc(-c3n[nH]c(CN)n3)cc2)CCCC1. The number of anilines is 1. The number of aromatic amines is 1. The number of nitrogens with two attached hydrogens (primary N) is 1. The molecule has 1 amide bonds. The zero-order chi connectivity index (χ0) is 16.3. The molecule has 1 aliphatic rings. The van der Waals surface area contributed by atoms with Gasteiger partial charge in [0, 0.05) is 16.7 Å². The van der Waals surface area contributed by atoms with Gasteiger partial charge in [-0.25, -0.2) is 4.98 Å². The van der Waals surface area contributed by atoms with Crippen LogP contribution in [0.3, 0.4) is 0 Å². The third-order valence-corrected chi connectivity index (χ3v) is 4.85. The Morgan fingerprint density at radius 2 is 2.00 bits per heavy atom. The smallest absolute Gasteiger partial charge is 0.230 e. The van der Waals surface area contributed by atoms with Crippen molar-refractivity contribution in [1.82, 2.24) is 15.2 Å². The largest absolute Gasteiger partial charge is 0.326 e. The second-order valence-corrected chi connectivity index (χ2v) is 6.18. The van der Waals surface area contributed by atoms with Crippen LogP contribution in [0.25, 0.3) is 11.4 Å². The third-order valence-electron chi connectivity index (χ3n) is 4.85. The Morgan fingerprint density at radius 1 is 1.30 bits per heavy atom. The van der Waals surface area contributed by atoms with Gasteiger partial charge in [0.2, 0.25) is 5.91 Å². The van der Waals surface area contributed by atoms with Crippen LogP contribution < -0.4 is 11.1 Å². The van der Waals surface area contributed by atoms with Crippen LogP contribution in [0.5, 0.6) is 0 Å². The summed E-state index contributed by atoms with van der Waals surface area (Å²) in [4.78, 5) is 16.9. The van der Waals surface area contributed by atoms with E-state index in [0.29, 0.717) is 18.2 Å². The van der Waals surface area contributed by atoms with Gasteiger partial charge in [-0.05, 0) is 43.5 Å². The number of H-pyrrole nitrogens is 1. The Hall–Kier alpha value is -2.21. The van der Waals surface area contributed by atoms with E-state index in [-0.39, 0.29) is 11.3 Å². The molecule has 1 aromatic heterocycles. The summed E-state index contributed by atoms with van der Waals surface area (Å²) in [5, 5.41) is 9.99. The monoisotopic (exact) mass is 313 g/mol. The minimum absolute atomic E-state index is 0.147. The highest BCUT2D eigenvalue weighted by atomic mass is 16.2. The number of carbonyl (C=O) groups is 1. The van der Waals surface area contributed by atoms with Gasteiger partial charge in [0.25, 0.3) is 0 Å². The quantitative estimate of drug-likeness (QED) is 0.790. The number of nitrogens with one attached hydrogen (secondary N) is 2. The van der Waals surface area contributed by atoms with Crippen LogP contribution in [-0.4, -0.2) is 21.1 Å². The molecule has 23 heavy (non-hydrogen) atoms. The van der Waals surface area contributed by atoms with Crippen LogP contribution in [0.4, 0.5) is 5.69 Å². The zero-order valence-electron chi connectivity index (χ0n) is 13.4. The first kappa shape index (κ1) is 15.7. The first-order valence-electron chi connectivity index (χ1n) is 8.20. The van der Waals surface area contributed by atoms with E-state index in [1.807, 2.05) is 24.3 Å². The maximum Gasteiger partial charge on any atom is 0.230 e. The average molecular weight is 313 g/mol. The molecule has 0 unspecified atom stereocenters. The number of nitrogens with zero attached hydrogens (tertiary/aromatic N) is 2. The summed E-state index contributed by atoms with van der Waals surface area (Å²) in [5.41, 5.74) is 7.05. The van der Waals surface area contributed by atoms with Gasteiger partial charge in [-0.15, -0.1) is 0 Å². The first-order chi connectivity index (χ1) is 11.2. The van der Waals surface area contributed by atoms with Gasteiger partial charge in [0.15, 0.2) is 5.82 Å². The Bertz CT molecular complexity index is 671. The fourth-order valence-electron chi connectivity index (χ4n) is 3.27. The fraction of sp³-hybridized carbons (Fsp3) is 0.471. The molecule has 0 radical (unpaired) electrons.